The van der Waals surface area contributed by atoms with Gasteiger partial charge in [0, 0.05) is 11.3 Å². The molecule has 0 aliphatic carbocycles. The van der Waals surface area contributed by atoms with E-state index in [1.54, 1.807) is 0 Å². The molecule has 0 saturated carbocycles. The Hall–Kier alpha value is -0.820. The summed E-state index contributed by atoms with van der Waals surface area (Å²) in [5.74, 6) is 0.542. The van der Waals surface area contributed by atoms with E-state index in [9.17, 15) is 0 Å². The van der Waals surface area contributed by atoms with Crippen molar-refractivity contribution >= 4 is 0 Å². The summed E-state index contributed by atoms with van der Waals surface area (Å²) in [6.07, 6.45) is 2.88. The molecule has 3 unspecified atom stereocenters. The summed E-state index contributed by atoms with van der Waals surface area (Å²) >= 11 is 0. The molecule has 0 aromatic heterocycles. The molecule has 0 N–H and O–H groups in total. The summed E-state index contributed by atoms with van der Waals surface area (Å²) in [5, 5.41) is 0. The fourth-order valence-corrected chi connectivity index (χ4v) is 4.00. The van der Waals surface area contributed by atoms with Crippen molar-refractivity contribution in [3.05, 3.63) is 35.9 Å². The summed E-state index contributed by atoms with van der Waals surface area (Å²) < 4.78 is 6.24. The van der Waals surface area contributed by atoms with Crippen LogP contribution in [0.4, 0.5) is 0 Å². The Morgan fingerprint density at radius 2 is 1.81 bits per heavy atom. The second-order valence-corrected chi connectivity index (χ2v) is 6.12. The van der Waals surface area contributed by atoms with E-state index in [-0.39, 0.29) is 11.0 Å². The maximum atomic E-state index is 6.24. The van der Waals surface area contributed by atoms with E-state index >= 15 is 0 Å². The second kappa shape index (κ2) is 3.10. The standard InChI is InChI=1S/C15H20O/c1-14(2)12-9-10-15(3,16-12)13(14)11-7-5-4-6-8-11/h4-8,12-13H,9-10H2,1-3H3. The lowest BCUT2D eigenvalue weighted by Crippen LogP contribution is -2.38. The highest BCUT2D eigenvalue weighted by Gasteiger charge is 2.61. The molecule has 1 aromatic carbocycles. The van der Waals surface area contributed by atoms with E-state index in [2.05, 4.69) is 51.1 Å². The first kappa shape index (κ1) is 10.3. The van der Waals surface area contributed by atoms with Crippen LogP contribution in [0.3, 0.4) is 0 Å². The van der Waals surface area contributed by atoms with Crippen LogP contribution in [0.2, 0.25) is 0 Å². The highest BCUT2D eigenvalue weighted by molar-refractivity contribution is 5.30. The van der Waals surface area contributed by atoms with Crippen molar-refractivity contribution in [2.75, 3.05) is 0 Å². The van der Waals surface area contributed by atoms with E-state index in [0.717, 1.165) is 0 Å². The Balaban J connectivity index is 2.07. The van der Waals surface area contributed by atoms with E-state index in [1.165, 1.54) is 18.4 Å². The molecule has 1 heteroatoms. The SMILES string of the molecule is CC12CCC(O1)C(C)(C)C2c1ccccc1. The molecule has 1 nitrogen and oxygen atoms in total. The number of rotatable bonds is 1. The lowest BCUT2D eigenvalue weighted by Gasteiger charge is -2.39. The molecule has 3 rings (SSSR count). The summed E-state index contributed by atoms with van der Waals surface area (Å²) in [7, 11) is 0. The predicted octanol–water partition coefficient (Wildman–Crippen LogP) is 3.75. The van der Waals surface area contributed by atoms with Gasteiger partial charge in [-0.2, -0.15) is 0 Å². The molecule has 3 atom stereocenters. The van der Waals surface area contributed by atoms with E-state index in [0.29, 0.717) is 12.0 Å². The zero-order valence-corrected chi connectivity index (χ0v) is 10.4. The average Bonchev–Trinajstić information content (AvgIpc) is 2.70. The van der Waals surface area contributed by atoms with Crippen LogP contribution in [-0.2, 0) is 4.74 Å². The zero-order chi connectivity index (χ0) is 11.4. The predicted molar refractivity (Wildman–Crippen MR) is 65.5 cm³/mol. The first-order chi connectivity index (χ1) is 7.54. The van der Waals surface area contributed by atoms with E-state index in [1.807, 2.05) is 0 Å². The van der Waals surface area contributed by atoms with E-state index in [4.69, 9.17) is 4.74 Å². The van der Waals surface area contributed by atoms with Gasteiger partial charge in [-0.25, -0.2) is 0 Å². The third-order valence-corrected chi connectivity index (χ3v) is 4.63. The van der Waals surface area contributed by atoms with Crippen LogP contribution in [0.25, 0.3) is 0 Å². The highest BCUT2D eigenvalue weighted by atomic mass is 16.5. The fourth-order valence-electron chi connectivity index (χ4n) is 4.00. The maximum Gasteiger partial charge on any atom is 0.0733 e. The largest absolute Gasteiger partial charge is 0.371 e. The Bertz CT molecular complexity index is 390. The molecule has 2 fully saturated rings. The van der Waals surface area contributed by atoms with Gasteiger partial charge in [0.25, 0.3) is 0 Å². The quantitative estimate of drug-likeness (QED) is 0.694. The van der Waals surface area contributed by atoms with Crippen molar-refractivity contribution in [1.82, 2.24) is 0 Å². The van der Waals surface area contributed by atoms with Gasteiger partial charge >= 0.3 is 0 Å². The van der Waals surface area contributed by atoms with Gasteiger partial charge in [-0.1, -0.05) is 44.2 Å². The number of ether oxygens (including phenoxy) is 1. The van der Waals surface area contributed by atoms with Gasteiger partial charge in [0.15, 0.2) is 0 Å². The minimum absolute atomic E-state index is 0.0650. The van der Waals surface area contributed by atoms with Crippen LogP contribution in [0.1, 0.15) is 45.1 Å². The molecule has 2 aliphatic heterocycles. The molecule has 86 valence electrons. The second-order valence-electron chi connectivity index (χ2n) is 6.12. The highest BCUT2D eigenvalue weighted by Crippen LogP contribution is 2.61. The van der Waals surface area contributed by atoms with Crippen molar-refractivity contribution in [2.45, 2.75) is 51.2 Å². The Kier molecular flexibility index (Phi) is 2.00. The molecule has 0 amide bonds. The normalized spacial score (nSPS) is 40.2. The Morgan fingerprint density at radius 1 is 1.12 bits per heavy atom. The van der Waals surface area contributed by atoms with Crippen LogP contribution in [0.5, 0.6) is 0 Å². The molecule has 1 aromatic rings. The van der Waals surface area contributed by atoms with Gasteiger partial charge in [-0.15, -0.1) is 0 Å². The van der Waals surface area contributed by atoms with Crippen LogP contribution >= 0.6 is 0 Å². The first-order valence-corrected chi connectivity index (χ1v) is 6.27. The number of hydrogen-bond donors (Lipinski definition) is 0. The van der Waals surface area contributed by atoms with Crippen molar-refractivity contribution < 1.29 is 4.74 Å². The molecule has 16 heavy (non-hydrogen) atoms. The lowest BCUT2D eigenvalue weighted by molar-refractivity contribution is 0.0146. The molecule has 0 spiro atoms. The molecule has 2 aliphatic rings. The molecule has 0 radical (unpaired) electrons. The third-order valence-electron chi connectivity index (χ3n) is 4.63. The van der Waals surface area contributed by atoms with Gasteiger partial charge in [-0.05, 0) is 25.3 Å². The van der Waals surface area contributed by atoms with Crippen LogP contribution in [0.15, 0.2) is 30.3 Å². The number of benzene rings is 1. The van der Waals surface area contributed by atoms with Crippen LogP contribution in [-0.4, -0.2) is 11.7 Å². The molecular weight excluding hydrogens is 196 g/mol. The molecular formula is C15H20O. The summed E-state index contributed by atoms with van der Waals surface area (Å²) in [6.45, 7) is 7.01. The van der Waals surface area contributed by atoms with Crippen LogP contribution < -0.4 is 0 Å². The van der Waals surface area contributed by atoms with Crippen molar-refractivity contribution in [3.63, 3.8) is 0 Å². The Labute approximate surface area is 97.8 Å². The Morgan fingerprint density at radius 3 is 2.38 bits per heavy atom. The van der Waals surface area contributed by atoms with Gasteiger partial charge in [0.05, 0.1) is 11.7 Å². The van der Waals surface area contributed by atoms with E-state index < -0.39 is 0 Å². The van der Waals surface area contributed by atoms with Crippen LogP contribution in [0, 0.1) is 5.41 Å². The van der Waals surface area contributed by atoms with Gasteiger partial charge in [-0.3, -0.25) is 0 Å². The topological polar surface area (TPSA) is 9.23 Å². The molecule has 2 heterocycles. The lowest BCUT2D eigenvalue weighted by atomic mass is 9.62. The van der Waals surface area contributed by atoms with Crippen molar-refractivity contribution in [1.29, 1.82) is 0 Å². The third kappa shape index (κ3) is 1.21. The maximum absolute atomic E-state index is 6.24. The minimum atomic E-state index is 0.0650. The van der Waals surface area contributed by atoms with Gasteiger partial charge in [0.2, 0.25) is 0 Å². The van der Waals surface area contributed by atoms with Gasteiger partial charge < -0.3 is 4.74 Å². The smallest absolute Gasteiger partial charge is 0.0733 e. The van der Waals surface area contributed by atoms with Crippen molar-refractivity contribution in [2.24, 2.45) is 5.41 Å². The minimum Gasteiger partial charge on any atom is -0.371 e. The number of fused-ring (bicyclic) bond motifs is 2. The monoisotopic (exact) mass is 216 g/mol. The summed E-state index contributed by atoms with van der Waals surface area (Å²) in [4.78, 5) is 0. The zero-order valence-electron chi connectivity index (χ0n) is 10.4. The average molecular weight is 216 g/mol. The first-order valence-electron chi connectivity index (χ1n) is 6.27. The summed E-state index contributed by atoms with van der Waals surface area (Å²) in [6, 6.07) is 10.9. The molecule has 2 saturated heterocycles. The number of hydrogen-bond acceptors (Lipinski definition) is 1. The van der Waals surface area contributed by atoms with Gasteiger partial charge in [0.1, 0.15) is 0 Å². The van der Waals surface area contributed by atoms with Crippen molar-refractivity contribution in [3.8, 4) is 0 Å². The molecule has 2 bridgehead atoms. The fraction of sp³-hybridized carbons (Fsp3) is 0.600. The summed E-state index contributed by atoms with van der Waals surface area (Å²) in [5.41, 5.74) is 1.78.